The van der Waals surface area contributed by atoms with E-state index in [0.717, 1.165) is 31.2 Å². The molecule has 1 aliphatic carbocycles. The van der Waals surface area contributed by atoms with Gasteiger partial charge in [0.05, 0.1) is 5.56 Å². The Labute approximate surface area is 138 Å². The van der Waals surface area contributed by atoms with Gasteiger partial charge in [0.15, 0.2) is 0 Å². The SMILES string of the molecule is N#Cc1c(NC(=O)c2ccc(F)cc2)sc2c1CCCCCC2. The second-order valence-corrected chi connectivity index (χ2v) is 6.80. The van der Waals surface area contributed by atoms with E-state index in [9.17, 15) is 14.4 Å². The van der Waals surface area contributed by atoms with Crippen LogP contribution in [0.2, 0.25) is 0 Å². The monoisotopic (exact) mass is 328 g/mol. The molecule has 0 saturated carbocycles. The molecule has 0 unspecified atom stereocenters. The summed E-state index contributed by atoms with van der Waals surface area (Å²) in [5.41, 5.74) is 2.09. The molecule has 1 N–H and O–H groups in total. The lowest BCUT2D eigenvalue weighted by Crippen LogP contribution is -2.11. The normalized spacial score (nSPS) is 14.3. The molecule has 118 valence electrons. The largest absolute Gasteiger partial charge is 0.312 e. The predicted molar refractivity (Wildman–Crippen MR) is 89.3 cm³/mol. The quantitative estimate of drug-likeness (QED) is 0.871. The number of benzene rings is 1. The fraction of sp³-hybridized carbons (Fsp3) is 0.333. The molecule has 0 bridgehead atoms. The topological polar surface area (TPSA) is 52.9 Å². The van der Waals surface area contributed by atoms with E-state index < -0.39 is 0 Å². The maximum Gasteiger partial charge on any atom is 0.256 e. The van der Waals surface area contributed by atoms with Crippen LogP contribution >= 0.6 is 11.3 Å². The molecule has 1 aromatic heterocycles. The van der Waals surface area contributed by atoms with E-state index in [1.54, 1.807) is 0 Å². The van der Waals surface area contributed by atoms with Gasteiger partial charge in [-0.05, 0) is 55.5 Å². The number of nitrogens with one attached hydrogen (secondary N) is 1. The first-order valence-electron chi connectivity index (χ1n) is 7.80. The lowest BCUT2D eigenvalue weighted by molar-refractivity contribution is 0.102. The highest BCUT2D eigenvalue weighted by atomic mass is 32.1. The predicted octanol–water partition coefficient (Wildman–Crippen LogP) is 4.67. The molecular weight excluding hydrogens is 311 g/mol. The van der Waals surface area contributed by atoms with Gasteiger partial charge in [-0.3, -0.25) is 4.79 Å². The smallest absolute Gasteiger partial charge is 0.256 e. The van der Waals surface area contributed by atoms with Gasteiger partial charge in [0, 0.05) is 10.4 Å². The van der Waals surface area contributed by atoms with Crippen molar-refractivity contribution in [2.45, 2.75) is 38.5 Å². The Morgan fingerprint density at radius 2 is 1.83 bits per heavy atom. The summed E-state index contributed by atoms with van der Waals surface area (Å²) in [4.78, 5) is 13.5. The van der Waals surface area contributed by atoms with E-state index >= 15 is 0 Å². The summed E-state index contributed by atoms with van der Waals surface area (Å²) in [6, 6.07) is 7.66. The molecule has 0 fully saturated rings. The van der Waals surface area contributed by atoms with Crippen LogP contribution in [-0.2, 0) is 12.8 Å². The zero-order chi connectivity index (χ0) is 16.2. The number of amides is 1. The van der Waals surface area contributed by atoms with E-state index in [-0.39, 0.29) is 11.7 Å². The second-order valence-electron chi connectivity index (χ2n) is 5.69. The van der Waals surface area contributed by atoms with Crippen LogP contribution in [0.3, 0.4) is 0 Å². The van der Waals surface area contributed by atoms with E-state index in [1.165, 1.54) is 53.3 Å². The van der Waals surface area contributed by atoms with E-state index in [2.05, 4.69) is 11.4 Å². The summed E-state index contributed by atoms with van der Waals surface area (Å²) in [6.07, 6.45) is 6.50. The van der Waals surface area contributed by atoms with Gasteiger partial charge in [-0.25, -0.2) is 4.39 Å². The molecule has 0 aliphatic heterocycles. The second kappa shape index (κ2) is 6.93. The molecule has 0 spiro atoms. The van der Waals surface area contributed by atoms with E-state index in [1.807, 2.05) is 0 Å². The molecule has 1 aromatic carbocycles. The number of rotatable bonds is 2. The fourth-order valence-corrected chi connectivity index (χ4v) is 4.14. The number of halogens is 1. The molecule has 1 heterocycles. The van der Waals surface area contributed by atoms with Crippen molar-refractivity contribution >= 4 is 22.2 Å². The summed E-state index contributed by atoms with van der Waals surface area (Å²) >= 11 is 1.51. The van der Waals surface area contributed by atoms with Gasteiger partial charge in [-0.15, -0.1) is 11.3 Å². The maximum absolute atomic E-state index is 13.0. The van der Waals surface area contributed by atoms with Gasteiger partial charge in [-0.1, -0.05) is 12.8 Å². The van der Waals surface area contributed by atoms with Crippen LogP contribution in [0, 0.1) is 17.1 Å². The van der Waals surface area contributed by atoms with E-state index in [4.69, 9.17) is 0 Å². The zero-order valence-corrected chi connectivity index (χ0v) is 13.5. The number of nitriles is 1. The summed E-state index contributed by atoms with van der Waals surface area (Å²) < 4.78 is 13.0. The van der Waals surface area contributed by atoms with Crippen LogP contribution in [0.4, 0.5) is 9.39 Å². The van der Waals surface area contributed by atoms with Crippen molar-refractivity contribution in [2.24, 2.45) is 0 Å². The minimum Gasteiger partial charge on any atom is -0.312 e. The lowest BCUT2D eigenvalue weighted by Gasteiger charge is -2.08. The molecule has 0 saturated heterocycles. The molecule has 5 heteroatoms. The first-order chi connectivity index (χ1) is 11.2. The van der Waals surface area contributed by atoms with Crippen molar-refractivity contribution in [1.29, 1.82) is 5.26 Å². The third kappa shape index (κ3) is 3.43. The third-order valence-electron chi connectivity index (χ3n) is 4.12. The molecule has 2 aromatic rings. The highest BCUT2D eigenvalue weighted by Gasteiger charge is 2.20. The van der Waals surface area contributed by atoms with Crippen molar-refractivity contribution < 1.29 is 9.18 Å². The molecule has 1 aliphatic rings. The number of carbonyl (C=O) groups is 1. The summed E-state index contributed by atoms with van der Waals surface area (Å²) in [6.45, 7) is 0. The summed E-state index contributed by atoms with van der Waals surface area (Å²) in [5.74, 6) is -0.686. The number of anilines is 1. The van der Waals surface area contributed by atoms with Gasteiger partial charge in [0.25, 0.3) is 5.91 Å². The van der Waals surface area contributed by atoms with Crippen LogP contribution in [-0.4, -0.2) is 5.91 Å². The third-order valence-corrected chi connectivity index (χ3v) is 5.32. The van der Waals surface area contributed by atoms with Crippen LogP contribution in [0.1, 0.15) is 52.0 Å². The molecule has 3 nitrogen and oxygen atoms in total. The van der Waals surface area contributed by atoms with Crippen molar-refractivity contribution in [3.63, 3.8) is 0 Å². The van der Waals surface area contributed by atoms with Crippen molar-refractivity contribution in [2.75, 3.05) is 5.32 Å². The average Bonchev–Trinajstić information content (AvgIpc) is 2.83. The Kier molecular flexibility index (Phi) is 4.73. The fourth-order valence-electron chi connectivity index (χ4n) is 2.90. The maximum atomic E-state index is 13.0. The highest BCUT2D eigenvalue weighted by Crippen LogP contribution is 2.36. The van der Waals surface area contributed by atoms with Crippen molar-refractivity contribution in [3.05, 3.63) is 51.7 Å². The van der Waals surface area contributed by atoms with Crippen molar-refractivity contribution in [3.8, 4) is 6.07 Å². The summed E-state index contributed by atoms with van der Waals surface area (Å²) in [5, 5.41) is 13.0. The number of nitrogens with zero attached hydrogens (tertiary/aromatic N) is 1. The first-order valence-corrected chi connectivity index (χ1v) is 8.62. The van der Waals surface area contributed by atoms with Crippen LogP contribution < -0.4 is 5.32 Å². The number of hydrogen-bond donors (Lipinski definition) is 1. The van der Waals surface area contributed by atoms with Crippen LogP contribution in [0.5, 0.6) is 0 Å². The Hall–Kier alpha value is -2.19. The number of carbonyl (C=O) groups excluding carboxylic acids is 1. The number of thiophene rings is 1. The summed E-state index contributed by atoms with van der Waals surface area (Å²) in [7, 11) is 0. The number of aryl methyl sites for hydroxylation is 1. The van der Waals surface area contributed by atoms with Gasteiger partial charge < -0.3 is 5.32 Å². The standard InChI is InChI=1S/C18H17FN2OS/c19-13-9-7-12(8-10-13)17(22)21-18-15(11-20)14-5-3-1-2-4-6-16(14)23-18/h7-10H,1-6H2,(H,21,22). The molecule has 0 atom stereocenters. The number of fused-ring (bicyclic) bond motifs is 1. The first kappa shape index (κ1) is 15.7. The lowest BCUT2D eigenvalue weighted by atomic mass is 9.97. The molecule has 0 radical (unpaired) electrons. The zero-order valence-electron chi connectivity index (χ0n) is 12.7. The Balaban J connectivity index is 1.87. The molecular formula is C18H17FN2OS. The van der Waals surface area contributed by atoms with E-state index in [0.29, 0.717) is 16.1 Å². The minimum absolute atomic E-state index is 0.310. The number of hydrogen-bond acceptors (Lipinski definition) is 3. The Bertz CT molecular complexity index is 759. The minimum atomic E-state index is -0.377. The van der Waals surface area contributed by atoms with Crippen LogP contribution in [0.15, 0.2) is 24.3 Å². The average molecular weight is 328 g/mol. The molecule has 3 rings (SSSR count). The highest BCUT2D eigenvalue weighted by molar-refractivity contribution is 7.16. The van der Waals surface area contributed by atoms with Crippen LogP contribution in [0.25, 0.3) is 0 Å². The molecule has 1 amide bonds. The van der Waals surface area contributed by atoms with Gasteiger partial charge >= 0.3 is 0 Å². The Morgan fingerprint density at radius 3 is 2.52 bits per heavy atom. The van der Waals surface area contributed by atoms with Crippen molar-refractivity contribution in [1.82, 2.24) is 0 Å². The molecule has 23 heavy (non-hydrogen) atoms. The Morgan fingerprint density at radius 1 is 1.13 bits per heavy atom. The van der Waals surface area contributed by atoms with Gasteiger partial charge in [0.1, 0.15) is 16.9 Å². The van der Waals surface area contributed by atoms with Gasteiger partial charge in [0.2, 0.25) is 0 Å². The van der Waals surface area contributed by atoms with Gasteiger partial charge in [-0.2, -0.15) is 5.26 Å².